The van der Waals surface area contributed by atoms with E-state index in [1.54, 1.807) is 30.5 Å². The van der Waals surface area contributed by atoms with Gasteiger partial charge < -0.3 is 20.4 Å². The number of aromatic nitrogens is 2. The van der Waals surface area contributed by atoms with Crippen molar-refractivity contribution >= 4 is 17.6 Å². The molecule has 1 aromatic carbocycles. The van der Waals surface area contributed by atoms with Gasteiger partial charge in [0, 0.05) is 18.5 Å². The summed E-state index contributed by atoms with van der Waals surface area (Å²) in [6.45, 7) is 0.647. The Hall–Kier alpha value is -2.83. The highest BCUT2D eigenvalue weighted by Crippen LogP contribution is 2.21. The molecule has 0 aliphatic carbocycles. The molecule has 1 aliphatic heterocycles. The number of imidazole rings is 1. The number of fused-ring (bicyclic) bond motifs is 1. The zero-order chi connectivity index (χ0) is 16.2. The number of hydrogen-bond acceptors (Lipinski definition) is 4. The second kappa shape index (κ2) is 6.51. The standard InChI is InChI=1S/C16H18N4O3/c17-13(21)10-23-12-5-3-4-11(8-12)16(22)19-15-9-18-14-6-1-2-7-20(14)15/h3-5,8-9H,1-2,6-7,10H2,(H2,17,21)(H,19,22). The highest BCUT2D eigenvalue weighted by Gasteiger charge is 2.16. The van der Waals surface area contributed by atoms with E-state index < -0.39 is 5.91 Å². The van der Waals surface area contributed by atoms with Crippen molar-refractivity contribution < 1.29 is 14.3 Å². The van der Waals surface area contributed by atoms with Gasteiger partial charge in [0.1, 0.15) is 17.4 Å². The van der Waals surface area contributed by atoms with Crippen molar-refractivity contribution in [1.82, 2.24) is 9.55 Å². The fourth-order valence-electron chi connectivity index (χ4n) is 2.59. The molecule has 2 amide bonds. The first-order valence-corrected chi connectivity index (χ1v) is 7.50. The van der Waals surface area contributed by atoms with Crippen molar-refractivity contribution in [3.8, 4) is 5.75 Å². The van der Waals surface area contributed by atoms with E-state index in [-0.39, 0.29) is 12.5 Å². The Morgan fingerprint density at radius 3 is 3.04 bits per heavy atom. The number of carbonyl (C=O) groups is 2. The molecule has 3 N–H and O–H groups in total. The van der Waals surface area contributed by atoms with Gasteiger partial charge in [-0.25, -0.2) is 4.98 Å². The third-order valence-electron chi connectivity index (χ3n) is 3.69. The van der Waals surface area contributed by atoms with Gasteiger partial charge in [0.25, 0.3) is 11.8 Å². The van der Waals surface area contributed by atoms with Crippen molar-refractivity contribution in [2.45, 2.75) is 25.8 Å². The quantitative estimate of drug-likeness (QED) is 0.869. The Balaban J connectivity index is 1.72. The molecule has 0 spiro atoms. The van der Waals surface area contributed by atoms with Gasteiger partial charge in [0.15, 0.2) is 6.61 Å². The molecule has 0 bridgehead atoms. The fourth-order valence-corrected chi connectivity index (χ4v) is 2.59. The summed E-state index contributed by atoms with van der Waals surface area (Å²) in [6.07, 6.45) is 4.84. The maximum atomic E-state index is 12.4. The molecule has 3 rings (SSSR count). The number of anilines is 1. The van der Waals surface area contributed by atoms with Crippen molar-refractivity contribution in [2.75, 3.05) is 11.9 Å². The minimum absolute atomic E-state index is 0.221. The van der Waals surface area contributed by atoms with Crippen molar-refractivity contribution in [1.29, 1.82) is 0 Å². The molecule has 0 saturated carbocycles. The highest BCUT2D eigenvalue weighted by molar-refractivity contribution is 6.04. The summed E-state index contributed by atoms with van der Waals surface area (Å²) in [5.74, 6) is 1.32. The number of nitrogens with zero attached hydrogens (tertiary/aromatic N) is 2. The van der Waals surface area contributed by atoms with E-state index in [4.69, 9.17) is 10.5 Å². The summed E-state index contributed by atoms with van der Waals surface area (Å²) in [5.41, 5.74) is 5.48. The molecule has 7 nitrogen and oxygen atoms in total. The molecular formula is C16H18N4O3. The van der Waals surface area contributed by atoms with Gasteiger partial charge in [-0.1, -0.05) is 6.07 Å². The number of aryl methyl sites for hydroxylation is 1. The van der Waals surface area contributed by atoms with Crippen LogP contribution < -0.4 is 15.8 Å². The maximum Gasteiger partial charge on any atom is 0.256 e. The van der Waals surface area contributed by atoms with Crippen LogP contribution in [0.5, 0.6) is 5.75 Å². The Bertz CT molecular complexity index is 739. The van der Waals surface area contributed by atoms with Crippen LogP contribution >= 0.6 is 0 Å². The summed E-state index contributed by atoms with van der Waals surface area (Å²) in [6, 6.07) is 6.61. The Morgan fingerprint density at radius 2 is 2.22 bits per heavy atom. The summed E-state index contributed by atoms with van der Waals surface area (Å²) in [7, 11) is 0. The monoisotopic (exact) mass is 314 g/mol. The molecule has 0 fully saturated rings. The predicted octanol–water partition coefficient (Wildman–Crippen LogP) is 1.34. The van der Waals surface area contributed by atoms with E-state index in [9.17, 15) is 9.59 Å². The number of carbonyl (C=O) groups excluding carboxylic acids is 2. The molecule has 0 unspecified atom stereocenters. The van der Waals surface area contributed by atoms with E-state index in [0.29, 0.717) is 17.1 Å². The highest BCUT2D eigenvalue weighted by atomic mass is 16.5. The molecule has 0 radical (unpaired) electrons. The number of amides is 2. The van der Waals surface area contributed by atoms with E-state index in [2.05, 4.69) is 10.3 Å². The van der Waals surface area contributed by atoms with E-state index >= 15 is 0 Å². The number of benzene rings is 1. The summed E-state index contributed by atoms with van der Waals surface area (Å²) >= 11 is 0. The van der Waals surface area contributed by atoms with Crippen LogP contribution in [-0.4, -0.2) is 28.0 Å². The molecule has 1 aliphatic rings. The normalized spacial score (nSPS) is 13.2. The fraction of sp³-hybridized carbons (Fsp3) is 0.312. The number of hydrogen-bond donors (Lipinski definition) is 2. The SMILES string of the molecule is NC(=O)COc1cccc(C(=O)Nc2cnc3n2CCCC3)c1. The van der Waals surface area contributed by atoms with Crippen LogP contribution in [0.3, 0.4) is 0 Å². The zero-order valence-corrected chi connectivity index (χ0v) is 12.6. The lowest BCUT2D eigenvalue weighted by Gasteiger charge is -2.16. The largest absolute Gasteiger partial charge is 0.484 e. The van der Waals surface area contributed by atoms with E-state index in [1.807, 2.05) is 4.57 Å². The number of ether oxygens (including phenoxy) is 1. The van der Waals surface area contributed by atoms with Crippen molar-refractivity contribution in [3.63, 3.8) is 0 Å². The van der Waals surface area contributed by atoms with Crippen molar-refractivity contribution in [3.05, 3.63) is 41.9 Å². The first-order chi connectivity index (χ1) is 11.1. The Kier molecular flexibility index (Phi) is 4.27. The molecule has 7 heteroatoms. The van der Waals surface area contributed by atoms with Crippen LogP contribution in [0.1, 0.15) is 29.0 Å². The minimum Gasteiger partial charge on any atom is -0.484 e. The molecule has 120 valence electrons. The molecule has 2 heterocycles. The summed E-state index contributed by atoms with van der Waals surface area (Å²) in [5, 5.41) is 2.87. The van der Waals surface area contributed by atoms with Crippen LogP contribution in [0.4, 0.5) is 5.82 Å². The van der Waals surface area contributed by atoms with Gasteiger partial charge in [-0.2, -0.15) is 0 Å². The predicted molar refractivity (Wildman–Crippen MR) is 84.2 cm³/mol. The lowest BCUT2D eigenvalue weighted by molar-refractivity contribution is -0.119. The smallest absolute Gasteiger partial charge is 0.256 e. The lowest BCUT2D eigenvalue weighted by atomic mass is 10.2. The van der Waals surface area contributed by atoms with Gasteiger partial charge in [-0.05, 0) is 31.0 Å². The molecular weight excluding hydrogens is 296 g/mol. The zero-order valence-electron chi connectivity index (χ0n) is 12.6. The van der Waals surface area contributed by atoms with Gasteiger partial charge >= 0.3 is 0 Å². The van der Waals surface area contributed by atoms with Gasteiger partial charge in [-0.3, -0.25) is 9.59 Å². The van der Waals surface area contributed by atoms with Crippen LogP contribution in [0.15, 0.2) is 30.5 Å². The third-order valence-corrected chi connectivity index (χ3v) is 3.69. The molecule has 0 atom stereocenters. The molecule has 2 aromatic rings. The third kappa shape index (κ3) is 3.50. The summed E-state index contributed by atoms with van der Waals surface area (Å²) in [4.78, 5) is 27.5. The Labute approximate surface area is 133 Å². The lowest BCUT2D eigenvalue weighted by Crippen LogP contribution is -2.20. The second-order valence-electron chi connectivity index (χ2n) is 5.41. The van der Waals surface area contributed by atoms with Crippen LogP contribution in [0, 0.1) is 0 Å². The minimum atomic E-state index is -0.564. The van der Waals surface area contributed by atoms with Crippen LogP contribution in [0.25, 0.3) is 0 Å². The topological polar surface area (TPSA) is 99.2 Å². The summed E-state index contributed by atoms with van der Waals surface area (Å²) < 4.78 is 7.25. The number of nitrogens with one attached hydrogen (secondary N) is 1. The average molecular weight is 314 g/mol. The van der Waals surface area contributed by atoms with Gasteiger partial charge in [-0.15, -0.1) is 0 Å². The molecule has 23 heavy (non-hydrogen) atoms. The number of nitrogens with two attached hydrogens (primary N) is 1. The van der Waals surface area contributed by atoms with Crippen LogP contribution in [0.2, 0.25) is 0 Å². The van der Waals surface area contributed by atoms with Gasteiger partial charge in [0.2, 0.25) is 0 Å². The van der Waals surface area contributed by atoms with Crippen molar-refractivity contribution in [2.24, 2.45) is 5.73 Å². The first-order valence-electron chi connectivity index (χ1n) is 7.50. The molecule has 0 saturated heterocycles. The van der Waals surface area contributed by atoms with Crippen LogP contribution in [-0.2, 0) is 17.8 Å². The second-order valence-corrected chi connectivity index (χ2v) is 5.41. The van der Waals surface area contributed by atoms with E-state index in [0.717, 1.165) is 31.6 Å². The first kappa shape index (κ1) is 15.1. The maximum absolute atomic E-state index is 12.4. The Morgan fingerprint density at radius 1 is 1.35 bits per heavy atom. The number of primary amides is 1. The van der Waals surface area contributed by atoms with E-state index in [1.165, 1.54) is 0 Å². The number of rotatable bonds is 5. The van der Waals surface area contributed by atoms with Gasteiger partial charge in [0.05, 0.1) is 6.20 Å². The molecule has 1 aromatic heterocycles. The average Bonchev–Trinajstić information content (AvgIpc) is 2.96.